The van der Waals surface area contributed by atoms with Crippen molar-refractivity contribution in [2.24, 2.45) is 0 Å². The molecule has 25 heavy (non-hydrogen) atoms. The summed E-state index contributed by atoms with van der Waals surface area (Å²) >= 11 is 5.98. The average molecular weight is 361 g/mol. The van der Waals surface area contributed by atoms with Crippen LogP contribution in [-0.4, -0.2) is 35.8 Å². The molecule has 3 rings (SSSR count). The quantitative estimate of drug-likeness (QED) is 0.820. The highest BCUT2D eigenvalue weighted by Crippen LogP contribution is 2.27. The lowest BCUT2D eigenvalue weighted by Gasteiger charge is -2.39. The average Bonchev–Trinajstić information content (AvgIpc) is 2.57. The molecule has 1 fully saturated rings. The summed E-state index contributed by atoms with van der Waals surface area (Å²) in [4.78, 5) is 28.6. The predicted molar refractivity (Wildman–Crippen MR) is 95.4 cm³/mol. The molecule has 0 aromatic heterocycles. The lowest BCUT2D eigenvalue weighted by atomic mass is 10.1. The molecule has 130 valence electrons. The zero-order valence-corrected chi connectivity index (χ0v) is 14.8. The standard InChI is InChI=1S/C19H18ClFN2O2/c1-12-10-15(20)6-7-17(12)23-9-8-22(13(2)18(23)24)19(25)14-4-3-5-16(21)11-14/h3-7,10-11,13H,8-9H2,1-2H3/t13-/m0/s1. The second kappa shape index (κ2) is 6.84. The van der Waals surface area contributed by atoms with Crippen LogP contribution in [0.5, 0.6) is 0 Å². The molecule has 1 atom stereocenters. The summed E-state index contributed by atoms with van der Waals surface area (Å²) in [5.74, 6) is -0.977. The summed E-state index contributed by atoms with van der Waals surface area (Å²) in [5.41, 5.74) is 1.94. The van der Waals surface area contributed by atoms with Crippen LogP contribution in [0.1, 0.15) is 22.8 Å². The monoisotopic (exact) mass is 360 g/mol. The minimum Gasteiger partial charge on any atom is -0.325 e. The molecule has 0 aliphatic carbocycles. The number of carbonyl (C=O) groups excluding carboxylic acids is 2. The Morgan fingerprint density at radius 1 is 1.20 bits per heavy atom. The van der Waals surface area contributed by atoms with Gasteiger partial charge in [-0.15, -0.1) is 0 Å². The SMILES string of the molecule is Cc1cc(Cl)ccc1N1CCN(C(=O)c2cccc(F)c2)[C@@H](C)C1=O. The zero-order valence-electron chi connectivity index (χ0n) is 14.0. The number of amides is 2. The van der Waals surface area contributed by atoms with E-state index < -0.39 is 11.9 Å². The number of halogens is 2. The number of carbonyl (C=O) groups is 2. The van der Waals surface area contributed by atoms with E-state index in [1.165, 1.54) is 23.1 Å². The number of hydrogen-bond donors (Lipinski definition) is 0. The Balaban J connectivity index is 1.83. The van der Waals surface area contributed by atoms with Gasteiger partial charge >= 0.3 is 0 Å². The second-order valence-electron chi connectivity index (χ2n) is 6.11. The maximum absolute atomic E-state index is 13.4. The van der Waals surface area contributed by atoms with Crippen LogP contribution in [-0.2, 0) is 4.79 Å². The fourth-order valence-electron chi connectivity index (χ4n) is 3.10. The van der Waals surface area contributed by atoms with Gasteiger partial charge in [0, 0.05) is 29.4 Å². The van der Waals surface area contributed by atoms with Crippen molar-refractivity contribution >= 4 is 29.1 Å². The van der Waals surface area contributed by atoms with Crippen molar-refractivity contribution in [2.75, 3.05) is 18.0 Å². The Morgan fingerprint density at radius 3 is 2.64 bits per heavy atom. The van der Waals surface area contributed by atoms with Crippen molar-refractivity contribution in [3.8, 4) is 0 Å². The Kier molecular flexibility index (Phi) is 4.77. The van der Waals surface area contributed by atoms with Crippen molar-refractivity contribution < 1.29 is 14.0 Å². The highest BCUT2D eigenvalue weighted by molar-refractivity contribution is 6.30. The van der Waals surface area contributed by atoms with E-state index in [-0.39, 0.29) is 17.4 Å². The van der Waals surface area contributed by atoms with Gasteiger partial charge in [-0.1, -0.05) is 17.7 Å². The van der Waals surface area contributed by atoms with Crippen LogP contribution in [0.15, 0.2) is 42.5 Å². The molecule has 0 unspecified atom stereocenters. The summed E-state index contributed by atoms with van der Waals surface area (Å²) in [7, 11) is 0. The maximum Gasteiger partial charge on any atom is 0.254 e. The molecule has 1 aliphatic rings. The van der Waals surface area contributed by atoms with E-state index in [0.717, 1.165) is 11.3 Å². The largest absolute Gasteiger partial charge is 0.325 e. The van der Waals surface area contributed by atoms with Crippen molar-refractivity contribution in [3.63, 3.8) is 0 Å². The molecular weight excluding hydrogens is 343 g/mol. The van der Waals surface area contributed by atoms with Gasteiger partial charge < -0.3 is 9.80 Å². The third-order valence-corrected chi connectivity index (χ3v) is 4.67. The molecule has 0 radical (unpaired) electrons. The van der Waals surface area contributed by atoms with Gasteiger partial charge in [0.2, 0.25) is 5.91 Å². The minimum absolute atomic E-state index is 0.165. The molecule has 0 bridgehead atoms. The van der Waals surface area contributed by atoms with Gasteiger partial charge in [-0.05, 0) is 55.8 Å². The lowest BCUT2D eigenvalue weighted by Crippen LogP contribution is -2.58. The molecular formula is C19H18ClFN2O2. The van der Waals surface area contributed by atoms with Gasteiger partial charge in [0.25, 0.3) is 5.91 Å². The van der Waals surface area contributed by atoms with Crippen molar-refractivity contribution in [1.29, 1.82) is 0 Å². The third-order valence-electron chi connectivity index (χ3n) is 4.44. The summed E-state index contributed by atoms with van der Waals surface area (Å²) in [6.45, 7) is 4.34. The molecule has 6 heteroatoms. The van der Waals surface area contributed by atoms with Crippen LogP contribution in [0.4, 0.5) is 10.1 Å². The van der Waals surface area contributed by atoms with Gasteiger partial charge in [-0.25, -0.2) is 4.39 Å². The number of nitrogens with zero attached hydrogens (tertiary/aromatic N) is 2. The molecule has 0 spiro atoms. The fourth-order valence-corrected chi connectivity index (χ4v) is 3.32. The second-order valence-corrected chi connectivity index (χ2v) is 6.54. The molecule has 2 aromatic rings. The van der Waals surface area contributed by atoms with E-state index in [1.807, 2.05) is 13.0 Å². The van der Waals surface area contributed by atoms with Crippen LogP contribution in [0, 0.1) is 12.7 Å². The van der Waals surface area contributed by atoms with Crippen molar-refractivity contribution in [1.82, 2.24) is 4.90 Å². The van der Waals surface area contributed by atoms with Crippen LogP contribution in [0.2, 0.25) is 5.02 Å². The van der Waals surface area contributed by atoms with Crippen LogP contribution >= 0.6 is 11.6 Å². The van der Waals surface area contributed by atoms with Gasteiger partial charge in [-0.2, -0.15) is 0 Å². The highest BCUT2D eigenvalue weighted by Gasteiger charge is 2.35. The first-order valence-corrected chi connectivity index (χ1v) is 8.40. The molecule has 1 heterocycles. The van der Waals surface area contributed by atoms with E-state index in [4.69, 9.17) is 11.6 Å². The smallest absolute Gasteiger partial charge is 0.254 e. The summed E-state index contributed by atoms with van der Waals surface area (Å²) in [6.07, 6.45) is 0. The number of rotatable bonds is 2. The first-order chi connectivity index (χ1) is 11.9. The Hall–Kier alpha value is -2.40. The normalized spacial score (nSPS) is 17.8. The van der Waals surface area contributed by atoms with Crippen molar-refractivity contribution in [2.45, 2.75) is 19.9 Å². The minimum atomic E-state index is -0.625. The number of benzene rings is 2. The first-order valence-electron chi connectivity index (χ1n) is 8.02. The predicted octanol–water partition coefficient (Wildman–Crippen LogP) is 3.67. The fraction of sp³-hybridized carbons (Fsp3) is 0.263. The Bertz CT molecular complexity index is 840. The van der Waals surface area contributed by atoms with Crippen LogP contribution in [0.3, 0.4) is 0 Å². The molecule has 2 aromatic carbocycles. The Labute approximate surface area is 150 Å². The van der Waals surface area contributed by atoms with E-state index in [2.05, 4.69) is 0 Å². The van der Waals surface area contributed by atoms with E-state index in [9.17, 15) is 14.0 Å². The molecule has 1 aliphatic heterocycles. The molecule has 2 amide bonds. The molecule has 0 N–H and O–H groups in total. The number of aryl methyl sites for hydroxylation is 1. The van der Waals surface area contributed by atoms with Crippen molar-refractivity contribution in [3.05, 3.63) is 64.4 Å². The molecule has 1 saturated heterocycles. The zero-order chi connectivity index (χ0) is 18.1. The van der Waals surface area contributed by atoms with E-state index in [0.29, 0.717) is 18.1 Å². The maximum atomic E-state index is 13.4. The first kappa shape index (κ1) is 17.4. The number of piperazine rings is 1. The van der Waals surface area contributed by atoms with E-state index in [1.54, 1.807) is 30.0 Å². The van der Waals surface area contributed by atoms with Crippen LogP contribution < -0.4 is 4.90 Å². The Morgan fingerprint density at radius 2 is 1.96 bits per heavy atom. The number of hydrogen-bond acceptors (Lipinski definition) is 2. The molecule has 0 saturated carbocycles. The van der Waals surface area contributed by atoms with E-state index >= 15 is 0 Å². The molecule has 4 nitrogen and oxygen atoms in total. The summed E-state index contributed by atoms with van der Waals surface area (Å²) in [6, 6.07) is 10.2. The van der Waals surface area contributed by atoms with Gasteiger partial charge in [-0.3, -0.25) is 9.59 Å². The number of anilines is 1. The van der Waals surface area contributed by atoms with Crippen LogP contribution in [0.25, 0.3) is 0 Å². The van der Waals surface area contributed by atoms with Gasteiger partial charge in [0.1, 0.15) is 11.9 Å². The lowest BCUT2D eigenvalue weighted by molar-refractivity contribution is -0.124. The highest BCUT2D eigenvalue weighted by atomic mass is 35.5. The van der Waals surface area contributed by atoms with Gasteiger partial charge in [0.05, 0.1) is 0 Å². The summed E-state index contributed by atoms with van der Waals surface area (Å²) in [5, 5.41) is 0.613. The third kappa shape index (κ3) is 3.37. The summed E-state index contributed by atoms with van der Waals surface area (Å²) < 4.78 is 13.4. The van der Waals surface area contributed by atoms with Gasteiger partial charge in [0.15, 0.2) is 0 Å². The topological polar surface area (TPSA) is 40.6 Å².